The highest BCUT2D eigenvalue weighted by Gasteiger charge is 2.05. The Morgan fingerprint density at radius 1 is 1.29 bits per heavy atom. The van der Waals surface area contributed by atoms with E-state index >= 15 is 0 Å². The maximum Gasteiger partial charge on any atom is 0.191 e. The van der Waals surface area contributed by atoms with Crippen LogP contribution in [-0.2, 0) is 19.5 Å². The summed E-state index contributed by atoms with van der Waals surface area (Å²) in [5.41, 5.74) is 2.48. The van der Waals surface area contributed by atoms with Gasteiger partial charge >= 0.3 is 0 Å². The fourth-order valence-corrected chi connectivity index (χ4v) is 2.72. The van der Waals surface area contributed by atoms with E-state index < -0.39 is 0 Å². The second-order valence-corrected chi connectivity index (χ2v) is 5.50. The summed E-state index contributed by atoms with van der Waals surface area (Å²) < 4.78 is 2.01. The number of para-hydroxylation sites is 1. The van der Waals surface area contributed by atoms with E-state index in [2.05, 4.69) is 62.1 Å². The summed E-state index contributed by atoms with van der Waals surface area (Å²) >= 11 is 0. The number of aryl methyl sites for hydroxylation is 1. The van der Waals surface area contributed by atoms with Crippen molar-refractivity contribution in [2.75, 3.05) is 13.6 Å². The van der Waals surface area contributed by atoms with Gasteiger partial charge in [0.1, 0.15) is 6.33 Å². The molecule has 126 valence electrons. The zero-order valence-electron chi connectivity index (χ0n) is 14.1. The van der Waals surface area contributed by atoms with Crippen LogP contribution < -0.4 is 10.6 Å². The van der Waals surface area contributed by atoms with Crippen LogP contribution in [0.1, 0.15) is 18.3 Å². The molecule has 0 saturated carbocycles. The van der Waals surface area contributed by atoms with E-state index in [1.165, 1.54) is 16.5 Å². The van der Waals surface area contributed by atoms with Crippen LogP contribution in [0.5, 0.6) is 0 Å². The van der Waals surface area contributed by atoms with Gasteiger partial charge in [-0.15, -0.1) is 10.2 Å². The number of benzene rings is 1. The molecular formula is C17H23N7. The quantitative estimate of drug-likeness (QED) is 0.476. The van der Waals surface area contributed by atoms with E-state index in [0.29, 0.717) is 6.54 Å². The molecule has 0 saturated heterocycles. The number of aliphatic imine (C=N–C) groups is 1. The van der Waals surface area contributed by atoms with Gasteiger partial charge in [-0.25, -0.2) is 0 Å². The molecule has 0 fully saturated rings. The van der Waals surface area contributed by atoms with Crippen molar-refractivity contribution in [2.45, 2.75) is 26.4 Å². The van der Waals surface area contributed by atoms with Crippen molar-refractivity contribution in [1.82, 2.24) is 30.4 Å². The SMILES string of the molecule is CCn1cnnc1CNC(=NC)NCCc1c[nH]c2ccccc12. The molecule has 0 atom stereocenters. The van der Waals surface area contributed by atoms with Gasteiger partial charge < -0.3 is 20.2 Å². The van der Waals surface area contributed by atoms with Crippen LogP contribution in [0, 0.1) is 0 Å². The van der Waals surface area contributed by atoms with Crippen LogP contribution in [0.25, 0.3) is 10.9 Å². The zero-order valence-corrected chi connectivity index (χ0v) is 14.1. The first kappa shape index (κ1) is 16.0. The second kappa shape index (κ2) is 7.63. The molecule has 0 aliphatic heterocycles. The van der Waals surface area contributed by atoms with Crippen molar-refractivity contribution >= 4 is 16.9 Å². The molecule has 0 bridgehead atoms. The highest BCUT2D eigenvalue weighted by atomic mass is 15.3. The van der Waals surface area contributed by atoms with Crippen LogP contribution in [0.4, 0.5) is 0 Å². The largest absolute Gasteiger partial charge is 0.361 e. The Morgan fingerprint density at radius 3 is 3.00 bits per heavy atom. The molecule has 3 rings (SSSR count). The molecule has 3 aromatic rings. The van der Waals surface area contributed by atoms with Gasteiger partial charge in [-0.05, 0) is 25.0 Å². The van der Waals surface area contributed by atoms with Gasteiger partial charge in [0.05, 0.1) is 6.54 Å². The summed E-state index contributed by atoms with van der Waals surface area (Å²) in [4.78, 5) is 7.56. The number of H-pyrrole nitrogens is 1. The smallest absolute Gasteiger partial charge is 0.191 e. The van der Waals surface area contributed by atoms with Gasteiger partial charge in [0.25, 0.3) is 0 Å². The monoisotopic (exact) mass is 325 g/mol. The topological polar surface area (TPSA) is 82.9 Å². The van der Waals surface area contributed by atoms with Crippen molar-refractivity contribution in [3.05, 3.63) is 48.2 Å². The number of guanidine groups is 1. The number of aromatic amines is 1. The predicted octanol–water partition coefficient (Wildman–Crippen LogP) is 1.69. The standard InChI is InChI=1S/C17H23N7/c1-3-24-12-22-23-16(24)11-21-17(18-2)19-9-8-13-10-20-15-7-5-4-6-14(13)15/h4-7,10,12,20H,3,8-9,11H2,1-2H3,(H2,18,19,21). The average molecular weight is 325 g/mol. The lowest BCUT2D eigenvalue weighted by molar-refractivity contribution is 0.669. The van der Waals surface area contributed by atoms with E-state index in [1.807, 2.05) is 10.6 Å². The lowest BCUT2D eigenvalue weighted by Crippen LogP contribution is -2.38. The Morgan fingerprint density at radius 2 is 2.17 bits per heavy atom. The highest BCUT2D eigenvalue weighted by Crippen LogP contribution is 2.17. The molecule has 2 aromatic heterocycles. The van der Waals surface area contributed by atoms with Crippen molar-refractivity contribution in [2.24, 2.45) is 4.99 Å². The first-order valence-corrected chi connectivity index (χ1v) is 8.18. The van der Waals surface area contributed by atoms with Crippen molar-refractivity contribution < 1.29 is 0 Å². The highest BCUT2D eigenvalue weighted by molar-refractivity contribution is 5.83. The number of nitrogens with zero attached hydrogens (tertiary/aromatic N) is 4. The minimum Gasteiger partial charge on any atom is -0.361 e. The minimum atomic E-state index is 0.598. The molecule has 1 aromatic carbocycles. The lowest BCUT2D eigenvalue weighted by Gasteiger charge is -2.11. The molecule has 3 N–H and O–H groups in total. The third kappa shape index (κ3) is 3.56. The number of fused-ring (bicyclic) bond motifs is 1. The second-order valence-electron chi connectivity index (χ2n) is 5.50. The summed E-state index contributed by atoms with van der Waals surface area (Å²) in [7, 11) is 1.77. The van der Waals surface area contributed by atoms with Gasteiger partial charge in [-0.1, -0.05) is 18.2 Å². The first-order chi connectivity index (χ1) is 11.8. The van der Waals surface area contributed by atoms with Crippen LogP contribution >= 0.6 is 0 Å². The molecule has 0 amide bonds. The fourth-order valence-electron chi connectivity index (χ4n) is 2.72. The Kier molecular flexibility index (Phi) is 5.10. The van der Waals surface area contributed by atoms with Crippen molar-refractivity contribution in [3.63, 3.8) is 0 Å². The zero-order chi connectivity index (χ0) is 16.8. The van der Waals surface area contributed by atoms with E-state index in [4.69, 9.17) is 0 Å². The number of nitrogens with one attached hydrogen (secondary N) is 3. The molecule has 0 unspecified atom stereocenters. The molecule has 0 spiro atoms. The van der Waals surface area contributed by atoms with E-state index in [9.17, 15) is 0 Å². The van der Waals surface area contributed by atoms with Crippen LogP contribution in [-0.4, -0.2) is 39.3 Å². The van der Waals surface area contributed by atoms with Gasteiger partial charge in [0.15, 0.2) is 11.8 Å². The molecular weight excluding hydrogens is 302 g/mol. The number of hydrogen-bond acceptors (Lipinski definition) is 3. The number of hydrogen-bond donors (Lipinski definition) is 3. The Hall–Kier alpha value is -2.83. The summed E-state index contributed by atoms with van der Waals surface area (Å²) in [6.45, 7) is 4.33. The van der Waals surface area contributed by atoms with Gasteiger partial charge in [0.2, 0.25) is 0 Å². The van der Waals surface area contributed by atoms with Gasteiger partial charge in [-0.2, -0.15) is 0 Å². The Balaban J connectivity index is 1.51. The van der Waals surface area contributed by atoms with E-state index in [-0.39, 0.29) is 0 Å². The Labute approximate surface area is 141 Å². The Bertz CT molecular complexity index is 815. The number of aromatic nitrogens is 4. The molecule has 2 heterocycles. The summed E-state index contributed by atoms with van der Waals surface area (Å²) in [6, 6.07) is 8.35. The van der Waals surface area contributed by atoms with Gasteiger partial charge in [0, 0.05) is 37.2 Å². The van der Waals surface area contributed by atoms with Crippen LogP contribution in [0.2, 0.25) is 0 Å². The molecule has 0 aliphatic carbocycles. The molecule has 7 heteroatoms. The summed E-state index contributed by atoms with van der Waals surface area (Å²) in [5.74, 6) is 1.66. The lowest BCUT2D eigenvalue weighted by atomic mass is 10.1. The van der Waals surface area contributed by atoms with Gasteiger partial charge in [-0.3, -0.25) is 4.99 Å². The third-order valence-corrected chi connectivity index (χ3v) is 4.04. The van der Waals surface area contributed by atoms with E-state index in [0.717, 1.165) is 31.3 Å². The van der Waals surface area contributed by atoms with E-state index in [1.54, 1.807) is 13.4 Å². The minimum absolute atomic E-state index is 0.598. The molecule has 0 aliphatic rings. The molecule has 0 radical (unpaired) electrons. The van der Waals surface area contributed by atoms with Crippen molar-refractivity contribution in [3.8, 4) is 0 Å². The average Bonchev–Trinajstić information content (AvgIpc) is 3.24. The maximum absolute atomic E-state index is 4.25. The first-order valence-electron chi connectivity index (χ1n) is 8.18. The fraction of sp³-hybridized carbons (Fsp3) is 0.353. The summed E-state index contributed by atoms with van der Waals surface area (Å²) in [5, 5.41) is 15.9. The summed E-state index contributed by atoms with van der Waals surface area (Å²) in [6.07, 6.45) is 4.74. The molecule has 24 heavy (non-hydrogen) atoms. The maximum atomic E-state index is 4.25. The molecule has 7 nitrogen and oxygen atoms in total. The van der Waals surface area contributed by atoms with Crippen LogP contribution in [0.15, 0.2) is 41.8 Å². The third-order valence-electron chi connectivity index (χ3n) is 4.04. The van der Waals surface area contributed by atoms with Crippen molar-refractivity contribution in [1.29, 1.82) is 0 Å². The van der Waals surface area contributed by atoms with Crippen LogP contribution in [0.3, 0.4) is 0 Å². The predicted molar refractivity (Wildman–Crippen MR) is 95.9 cm³/mol. The normalized spacial score (nSPS) is 11.8. The number of rotatable bonds is 6.